The van der Waals surface area contributed by atoms with Gasteiger partial charge in [-0.15, -0.1) is 12.4 Å². The van der Waals surface area contributed by atoms with Gasteiger partial charge < -0.3 is 14.4 Å². The van der Waals surface area contributed by atoms with Crippen LogP contribution in [-0.4, -0.2) is 49.8 Å². The van der Waals surface area contributed by atoms with E-state index in [1.54, 1.807) is 29.2 Å². The third-order valence-electron chi connectivity index (χ3n) is 4.43. The molecule has 2 aromatic carbocycles. The molecule has 6 nitrogen and oxygen atoms in total. The molecule has 0 bridgehead atoms. The Morgan fingerprint density at radius 1 is 1.14 bits per heavy atom. The Hall–Kier alpha value is -2.06. The van der Waals surface area contributed by atoms with Crippen molar-refractivity contribution in [2.75, 3.05) is 38.9 Å². The number of ether oxygens (including phenoxy) is 2. The highest BCUT2D eigenvalue weighted by Gasteiger charge is 2.23. The first-order chi connectivity index (χ1) is 13.5. The minimum absolute atomic E-state index is 0. The monoisotopic (exact) mass is 453 g/mol. The van der Waals surface area contributed by atoms with Gasteiger partial charge in [0, 0.05) is 29.3 Å². The summed E-state index contributed by atoms with van der Waals surface area (Å²) < 4.78 is 11.9. The van der Waals surface area contributed by atoms with E-state index in [0.717, 1.165) is 23.2 Å². The molecule has 0 spiro atoms. The molecule has 0 radical (unpaired) electrons. The number of carbonyl (C=O) groups excluding carboxylic acids is 1. The average Bonchev–Trinajstić information content (AvgIpc) is 3.28. The zero-order valence-corrected chi connectivity index (χ0v) is 18.4. The normalized spacial score (nSPS) is 12.3. The molecule has 3 aromatic rings. The summed E-state index contributed by atoms with van der Waals surface area (Å²) in [5, 5.41) is 1.27. The molecule has 4 rings (SSSR count). The zero-order chi connectivity index (χ0) is 19.7. The maximum atomic E-state index is 13.2. The first-order valence-electron chi connectivity index (χ1n) is 8.93. The molecular weight excluding hydrogens is 433 g/mol. The standard InChI is InChI=1S/C20H20ClN3O3S.ClH/c1-23(2)8-3-9-24(19(25)13-4-6-14(21)7-5-13)20-22-15-10-16-17(27-12-26-16)11-18(15)28-20;/h4-7,10-11H,3,8-9,12H2,1-2H3;1H. The molecule has 0 atom stereocenters. The van der Waals surface area contributed by atoms with Crippen LogP contribution in [0.3, 0.4) is 0 Å². The lowest BCUT2D eigenvalue weighted by Gasteiger charge is -2.21. The van der Waals surface area contributed by atoms with E-state index in [2.05, 4.69) is 4.90 Å². The Labute approximate surface area is 184 Å². The van der Waals surface area contributed by atoms with Gasteiger partial charge in [-0.2, -0.15) is 0 Å². The molecule has 9 heteroatoms. The predicted octanol–water partition coefficient (Wildman–Crippen LogP) is 4.70. The minimum Gasteiger partial charge on any atom is -0.454 e. The van der Waals surface area contributed by atoms with Crippen LogP contribution >= 0.6 is 35.3 Å². The van der Waals surface area contributed by atoms with Crippen molar-refractivity contribution in [1.29, 1.82) is 0 Å². The predicted molar refractivity (Wildman–Crippen MR) is 119 cm³/mol. The molecule has 0 fully saturated rings. The maximum absolute atomic E-state index is 13.2. The van der Waals surface area contributed by atoms with E-state index in [9.17, 15) is 4.79 Å². The highest BCUT2D eigenvalue weighted by atomic mass is 35.5. The van der Waals surface area contributed by atoms with E-state index in [1.165, 1.54) is 11.3 Å². The third-order valence-corrected chi connectivity index (χ3v) is 5.72. The van der Waals surface area contributed by atoms with E-state index >= 15 is 0 Å². The van der Waals surface area contributed by atoms with Crippen LogP contribution in [-0.2, 0) is 0 Å². The summed E-state index contributed by atoms with van der Waals surface area (Å²) in [6, 6.07) is 10.7. The number of anilines is 1. The molecule has 0 N–H and O–H groups in total. The molecule has 0 saturated heterocycles. The number of fused-ring (bicyclic) bond motifs is 2. The molecule has 1 aliphatic heterocycles. The van der Waals surface area contributed by atoms with Gasteiger partial charge in [0.05, 0.1) is 10.2 Å². The number of rotatable bonds is 6. The first kappa shape index (κ1) is 21.6. The molecule has 29 heavy (non-hydrogen) atoms. The van der Waals surface area contributed by atoms with Crippen molar-refractivity contribution in [3.63, 3.8) is 0 Å². The van der Waals surface area contributed by atoms with Crippen LogP contribution in [0.15, 0.2) is 36.4 Å². The van der Waals surface area contributed by atoms with Gasteiger partial charge in [-0.1, -0.05) is 22.9 Å². The van der Waals surface area contributed by atoms with Crippen LogP contribution in [0.5, 0.6) is 11.5 Å². The van der Waals surface area contributed by atoms with E-state index in [-0.39, 0.29) is 25.1 Å². The number of hydrogen-bond acceptors (Lipinski definition) is 6. The highest BCUT2D eigenvalue weighted by Crippen LogP contribution is 2.40. The summed E-state index contributed by atoms with van der Waals surface area (Å²) in [6.45, 7) is 1.68. The Morgan fingerprint density at radius 2 is 1.83 bits per heavy atom. The van der Waals surface area contributed by atoms with Gasteiger partial charge in [-0.05, 0) is 51.3 Å². The third kappa shape index (κ3) is 4.75. The van der Waals surface area contributed by atoms with Gasteiger partial charge in [0.15, 0.2) is 16.6 Å². The lowest BCUT2D eigenvalue weighted by molar-refractivity contribution is 0.0986. The number of aromatic nitrogens is 1. The number of amides is 1. The molecule has 2 heterocycles. The summed E-state index contributed by atoms with van der Waals surface area (Å²) >= 11 is 7.44. The van der Waals surface area contributed by atoms with Crippen molar-refractivity contribution in [2.24, 2.45) is 0 Å². The van der Waals surface area contributed by atoms with Crippen LogP contribution < -0.4 is 14.4 Å². The molecule has 0 unspecified atom stereocenters. The minimum atomic E-state index is -0.0884. The molecule has 0 saturated carbocycles. The van der Waals surface area contributed by atoms with Crippen LogP contribution in [0.2, 0.25) is 5.02 Å². The van der Waals surface area contributed by atoms with Crippen LogP contribution in [0.25, 0.3) is 10.2 Å². The summed E-state index contributed by atoms with van der Waals surface area (Å²) in [5.41, 5.74) is 1.38. The Bertz CT molecular complexity index is 967. The second-order valence-electron chi connectivity index (χ2n) is 6.79. The van der Waals surface area contributed by atoms with Crippen molar-refractivity contribution < 1.29 is 14.3 Å². The van der Waals surface area contributed by atoms with Gasteiger partial charge in [-0.25, -0.2) is 4.98 Å². The summed E-state index contributed by atoms with van der Waals surface area (Å²) in [6.07, 6.45) is 0.838. The van der Waals surface area contributed by atoms with E-state index < -0.39 is 0 Å². The summed E-state index contributed by atoms with van der Waals surface area (Å²) in [5.74, 6) is 1.31. The van der Waals surface area contributed by atoms with Crippen molar-refractivity contribution in [3.05, 3.63) is 47.0 Å². The van der Waals surface area contributed by atoms with Crippen LogP contribution in [0, 0.1) is 0 Å². The van der Waals surface area contributed by atoms with Crippen molar-refractivity contribution in [1.82, 2.24) is 9.88 Å². The Balaban J connectivity index is 0.00000240. The number of halogens is 2. The Kier molecular flexibility index (Phi) is 6.85. The molecular formula is C20H21Cl2N3O3S. The van der Waals surface area contributed by atoms with Gasteiger partial charge >= 0.3 is 0 Å². The first-order valence-corrected chi connectivity index (χ1v) is 10.1. The fourth-order valence-corrected chi connectivity index (χ4v) is 4.12. The molecule has 154 valence electrons. The molecule has 0 aliphatic carbocycles. The van der Waals surface area contributed by atoms with Crippen molar-refractivity contribution >= 4 is 56.6 Å². The number of benzene rings is 2. The second kappa shape index (κ2) is 9.17. The molecule has 1 amide bonds. The van der Waals surface area contributed by atoms with Crippen LogP contribution in [0.4, 0.5) is 5.13 Å². The number of nitrogens with zero attached hydrogens (tertiary/aromatic N) is 3. The van der Waals surface area contributed by atoms with Gasteiger partial charge in [0.2, 0.25) is 6.79 Å². The van der Waals surface area contributed by atoms with Crippen molar-refractivity contribution in [2.45, 2.75) is 6.42 Å². The zero-order valence-electron chi connectivity index (χ0n) is 16.1. The van der Waals surface area contributed by atoms with E-state index in [1.807, 2.05) is 26.2 Å². The maximum Gasteiger partial charge on any atom is 0.260 e. The van der Waals surface area contributed by atoms with E-state index in [4.69, 9.17) is 26.1 Å². The van der Waals surface area contributed by atoms with E-state index in [0.29, 0.717) is 33.8 Å². The Morgan fingerprint density at radius 3 is 2.52 bits per heavy atom. The average molecular weight is 454 g/mol. The smallest absolute Gasteiger partial charge is 0.260 e. The summed E-state index contributed by atoms with van der Waals surface area (Å²) in [4.78, 5) is 21.7. The lowest BCUT2D eigenvalue weighted by Crippen LogP contribution is -2.33. The highest BCUT2D eigenvalue weighted by molar-refractivity contribution is 7.22. The van der Waals surface area contributed by atoms with Gasteiger partial charge in [-0.3, -0.25) is 9.69 Å². The number of hydrogen-bond donors (Lipinski definition) is 0. The molecule has 1 aliphatic rings. The fraction of sp³-hybridized carbons (Fsp3) is 0.300. The van der Waals surface area contributed by atoms with Gasteiger partial charge in [0.1, 0.15) is 0 Å². The summed E-state index contributed by atoms with van der Waals surface area (Å²) in [7, 11) is 4.04. The number of thiazole rings is 1. The van der Waals surface area contributed by atoms with Crippen LogP contribution in [0.1, 0.15) is 16.8 Å². The fourth-order valence-electron chi connectivity index (χ4n) is 3.00. The topological polar surface area (TPSA) is 54.9 Å². The molecule has 1 aromatic heterocycles. The second-order valence-corrected chi connectivity index (χ2v) is 8.24. The quantitative estimate of drug-likeness (QED) is 0.541. The van der Waals surface area contributed by atoms with Crippen molar-refractivity contribution in [3.8, 4) is 11.5 Å². The lowest BCUT2D eigenvalue weighted by atomic mass is 10.2. The van der Waals surface area contributed by atoms with Gasteiger partial charge in [0.25, 0.3) is 5.91 Å². The largest absolute Gasteiger partial charge is 0.454 e. The SMILES string of the molecule is CN(C)CCCN(C(=O)c1ccc(Cl)cc1)c1nc2cc3c(cc2s1)OCO3.Cl. The number of carbonyl (C=O) groups is 1.